The molecule has 0 amide bonds. The van der Waals surface area contributed by atoms with Crippen LogP contribution in [0.3, 0.4) is 0 Å². The first-order valence-electron chi connectivity index (χ1n) is 4.94. The second-order valence-electron chi connectivity index (χ2n) is 3.65. The summed E-state index contributed by atoms with van der Waals surface area (Å²) in [5.41, 5.74) is 2.73. The highest BCUT2D eigenvalue weighted by Gasteiger charge is 2.09. The second kappa shape index (κ2) is 4.73. The molecule has 0 saturated heterocycles. The van der Waals surface area contributed by atoms with Crippen molar-refractivity contribution in [3.05, 3.63) is 34.0 Å². The van der Waals surface area contributed by atoms with Gasteiger partial charge in [0.15, 0.2) is 0 Å². The number of thiophene rings is 1. The molecule has 2 nitrogen and oxygen atoms in total. The van der Waals surface area contributed by atoms with Crippen LogP contribution in [0.25, 0.3) is 0 Å². The van der Waals surface area contributed by atoms with Crippen molar-refractivity contribution in [3.63, 3.8) is 0 Å². The van der Waals surface area contributed by atoms with Crippen molar-refractivity contribution >= 4 is 11.3 Å². The molecule has 1 aliphatic heterocycles. The lowest BCUT2D eigenvalue weighted by Gasteiger charge is -2.18. The van der Waals surface area contributed by atoms with Gasteiger partial charge in [0, 0.05) is 13.1 Å². The summed E-state index contributed by atoms with van der Waals surface area (Å²) in [6, 6.07) is 2.16. The minimum Gasteiger partial charge on any atom is -0.388 e. The molecule has 0 fully saturated rings. The first-order chi connectivity index (χ1) is 6.84. The summed E-state index contributed by atoms with van der Waals surface area (Å²) in [5, 5.41) is 16.9. The number of hydrogen-bond donors (Lipinski definition) is 2. The number of rotatable bonds is 3. The third-order valence-electron chi connectivity index (χ3n) is 2.45. The van der Waals surface area contributed by atoms with E-state index in [0.717, 1.165) is 19.4 Å². The van der Waals surface area contributed by atoms with Crippen LogP contribution in [-0.2, 0) is 6.42 Å². The summed E-state index contributed by atoms with van der Waals surface area (Å²) in [7, 11) is 0. The molecule has 0 bridgehead atoms. The Balaban J connectivity index is 1.86. The number of aliphatic hydroxyl groups is 1. The van der Waals surface area contributed by atoms with Gasteiger partial charge in [0.05, 0.1) is 6.10 Å². The van der Waals surface area contributed by atoms with E-state index in [2.05, 4.69) is 22.1 Å². The Morgan fingerprint density at radius 3 is 3.14 bits per heavy atom. The van der Waals surface area contributed by atoms with Gasteiger partial charge >= 0.3 is 0 Å². The van der Waals surface area contributed by atoms with Crippen molar-refractivity contribution in [1.82, 2.24) is 5.32 Å². The molecule has 2 heterocycles. The fourth-order valence-corrected chi connectivity index (χ4v) is 2.39. The summed E-state index contributed by atoms with van der Waals surface area (Å²) < 4.78 is 0. The van der Waals surface area contributed by atoms with Crippen molar-refractivity contribution in [1.29, 1.82) is 0 Å². The maximum Gasteiger partial charge on any atom is 0.0848 e. The Kier molecular flexibility index (Phi) is 3.35. The van der Waals surface area contributed by atoms with Crippen molar-refractivity contribution in [3.8, 4) is 0 Å². The van der Waals surface area contributed by atoms with E-state index in [0.29, 0.717) is 6.54 Å². The molecule has 0 aromatic carbocycles. The summed E-state index contributed by atoms with van der Waals surface area (Å²) >= 11 is 1.74. The number of β-amino-alcohol motifs (C(OH)–C–C–N with tert-alkyl or cyclic N) is 1. The summed E-state index contributed by atoms with van der Waals surface area (Å²) in [6.07, 6.45) is 3.84. The van der Waals surface area contributed by atoms with Crippen LogP contribution in [0.5, 0.6) is 0 Å². The van der Waals surface area contributed by atoms with Crippen LogP contribution < -0.4 is 5.32 Å². The highest BCUT2D eigenvalue weighted by Crippen LogP contribution is 2.13. The number of nitrogens with one attached hydrogen (secondary N) is 1. The van der Waals surface area contributed by atoms with Gasteiger partial charge in [-0.3, -0.25) is 0 Å². The van der Waals surface area contributed by atoms with Gasteiger partial charge in [-0.2, -0.15) is 11.3 Å². The lowest BCUT2D eigenvalue weighted by atomic mass is 10.0. The van der Waals surface area contributed by atoms with Crippen LogP contribution in [0, 0.1) is 0 Å². The van der Waals surface area contributed by atoms with Crippen molar-refractivity contribution < 1.29 is 5.11 Å². The molecule has 1 aromatic rings. The van der Waals surface area contributed by atoms with Gasteiger partial charge in [-0.25, -0.2) is 0 Å². The van der Waals surface area contributed by atoms with Crippen LogP contribution in [0.4, 0.5) is 0 Å². The van der Waals surface area contributed by atoms with Crippen LogP contribution in [-0.4, -0.2) is 24.3 Å². The van der Waals surface area contributed by atoms with Gasteiger partial charge in [-0.05, 0) is 35.2 Å². The van der Waals surface area contributed by atoms with Crippen LogP contribution >= 0.6 is 11.3 Å². The average Bonchev–Trinajstić information content (AvgIpc) is 2.67. The maximum atomic E-state index is 9.40. The fourth-order valence-electron chi connectivity index (χ4n) is 1.68. The monoisotopic (exact) mass is 209 g/mol. The van der Waals surface area contributed by atoms with E-state index < -0.39 is 0 Å². The molecule has 14 heavy (non-hydrogen) atoms. The predicted molar refractivity (Wildman–Crippen MR) is 59.6 cm³/mol. The summed E-state index contributed by atoms with van der Waals surface area (Å²) in [5.74, 6) is 0. The largest absolute Gasteiger partial charge is 0.388 e. The maximum absolute atomic E-state index is 9.40. The molecule has 0 aliphatic carbocycles. The zero-order chi connectivity index (χ0) is 9.80. The Labute approximate surface area is 88.3 Å². The highest BCUT2D eigenvalue weighted by molar-refractivity contribution is 7.07. The van der Waals surface area contributed by atoms with E-state index in [1.807, 2.05) is 6.08 Å². The molecule has 2 N–H and O–H groups in total. The Morgan fingerprint density at radius 1 is 1.50 bits per heavy atom. The molecular formula is C11H15NOS. The van der Waals surface area contributed by atoms with E-state index >= 15 is 0 Å². The SMILES string of the molecule is OC1C=C(CCc2ccsc2)CNC1. The highest BCUT2D eigenvalue weighted by atomic mass is 32.1. The van der Waals surface area contributed by atoms with E-state index in [1.165, 1.54) is 11.1 Å². The molecule has 0 saturated carbocycles. The van der Waals surface area contributed by atoms with Gasteiger partial charge in [0.25, 0.3) is 0 Å². The zero-order valence-corrected chi connectivity index (χ0v) is 8.89. The number of aliphatic hydroxyl groups excluding tert-OH is 1. The molecule has 2 rings (SSSR count). The quantitative estimate of drug-likeness (QED) is 0.741. The van der Waals surface area contributed by atoms with Crippen LogP contribution in [0.15, 0.2) is 28.5 Å². The van der Waals surface area contributed by atoms with Gasteiger partial charge in [-0.1, -0.05) is 11.6 Å². The minimum absolute atomic E-state index is 0.291. The van der Waals surface area contributed by atoms with E-state index in [1.54, 1.807) is 11.3 Å². The fraction of sp³-hybridized carbons (Fsp3) is 0.455. The lowest BCUT2D eigenvalue weighted by molar-refractivity contribution is 0.212. The third kappa shape index (κ3) is 2.67. The molecule has 1 atom stereocenters. The average molecular weight is 209 g/mol. The standard InChI is InChI=1S/C11H15NOS/c13-11-5-10(6-12-7-11)2-1-9-3-4-14-8-9/h3-5,8,11-13H,1-2,6-7H2. The summed E-state index contributed by atoms with van der Waals surface area (Å²) in [4.78, 5) is 0. The van der Waals surface area contributed by atoms with E-state index in [4.69, 9.17) is 0 Å². The van der Waals surface area contributed by atoms with Crippen molar-refractivity contribution in [2.45, 2.75) is 18.9 Å². The normalized spacial score (nSPS) is 22.1. The van der Waals surface area contributed by atoms with Gasteiger partial charge in [0.1, 0.15) is 0 Å². The second-order valence-corrected chi connectivity index (χ2v) is 4.43. The molecule has 0 spiro atoms. The molecule has 76 valence electrons. The first kappa shape index (κ1) is 9.90. The number of aryl methyl sites for hydroxylation is 1. The molecule has 1 aromatic heterocycles. The molecular weight excluding hydrogens is 194 g/mol. The van der Waals surface area contributed by atoms with Crippen LogP contribution in [0.2, 0.25) is 0 Å². The molecule has 0 radical (unpaired) electrons. The Hall–Kier alpha value is -0.640. The third-order valence-corrected chi connectivity index (χ3v) is 3.18. The molecule has 3 heteroatoms. The molecule has 1 unspecified atom stereocenters. The minimum atomic E-state index is -0.291. The zero-order valence-electron chi connectivity index (χ0n) is 8.07. The van der Waals surface area contributed by atoms with E-state index in [9.17, 15) is 5.11 Å². The predicted octanol–water partition coefficient (Wildman–Crippen LogP) is 1.57. The van der Waals surface area contributed by atoms with Gasteiger partial charge < -0.3 is 10.4 Å². The van der Waals surface area contributed by atoms with Crippen LogP contribution in [0.1, 0.15) is 12.0 Å². The number of hydrogen-bond acceptors (Lipinski definition) is 3. The topological polar surface area (TPSA) is 32.3 Å². The summed E-state index contributed by atoms with van der Waals surface area (Å²) in [6.45, 7) is 1.63. The van der Waals surface area contributed by atoms with Crippen molar-refractivity contribution in [2.24, 2.45) is 0 Å². The van der Waals surface area contributed by atoms with Gasteiger partial charge in [0.2, 0.25) is 0 Å². The van der Waals surface area contributed by atoms with E-state index in [-0.39, 0.29) is 6.10 Å². The van der Waals surface area contributed by atoms with Gasteiger partial charge in [-0.15, -0.1) is 0 Å². The smallest absolute Gasteiger partial charge is 0.0848 e. The van der Waals surface area contributed by atoms with Crippen molar-refractivity contribution in [2.75, 3.05) is 13.1 Å². The lowest BCUT2D eigenvalue weighted by Crippen LogP contribution is -2.32. The Morgan fingerprint density at radius 2 is 2.43 bits per heavy atom. The molecule has 1 aliphatic rings. The first-order valence-corrected chi connectivity index (χ1v) is 5.88. The Bertz CT molecular complexity index is 305.